The van der Waals surface area contributed by atoms with Crippen LogP contribution >= 0.6 is 0 Å². The van der Waals surface area contributed by atoms with Gasteiger partial charge in [-0.1, -0.05) is 13.8 Å². The molecule has 0 fully saturated rings. The number of aliphatic carboxylic acids is 1. The van der Waals surface area contributed by atoms with Gasteiger partial charge in [0.05, 0.1) is 10.4 Å². The fraction of sp³-hybridized carbons (Fsp3) is 0.308. The van der Waals surface area contributed by atoms with E-state index in [9.17, 15) is 20.0 Å². The number of non-ortho nitro benzene ring substituents is 1. The van der Waals surface area contributed by atoms with Crippen LogP contribution in [-0.4, -0.2) is 32.0 Å². The number of carboxylic acid groups (broad SMARTS) is 1. The molecule has 0 bridgehead atoms. The van der Waals surface area contributed by atoms with E-state index in [1.54, 1.807) is 13.8 Å². The van der Waals surface area contributed by atoms with Gasteiger partial charge in [0.1, 0.15) is 18.2 Å². The largest absolute Gasteiger partial charge is 0.480 e. The number of aromatic nitrogens is 2. The average Bonchev–Trinajstić information content (AvgIpc) is 2.43. The second kappa shape index (κ2) is 5.70. The van der Waals surface area contributed by atoms with Crippen molar-refractivity contribution in [2.75, 3.05) is 5.32 Å². The van der Waals surface area contributed by atoms with Gasteiger partial charge in [-0.25, -0.2) is 14.8 Å². The number of benzene rings is 1. The molecule has 8 nitrogen and oxygen atoms in total. The van der Waals surface area contributed by atoms with Crippen molar-refractivity contribution >= 4 is 28.4 Å². The van der Waals surface area contributed by atoms with Gasteiger partial charge in [-0.2, -0.15) is 0 Å². The molecule has 1 heterocycles. The summed E-state index contributed by atoms with van der Waals surface area (Å²) in [6, 6.07) is 3.33. The van der Waals surface area contributed by atoms with Crippen molar-refractivity contribution in [1.29, 1.82) is 0 Å². The first-order chi connectivity index (χ1) is 9.90. The Balaban J connectivity index is 2.50. The second-order valence-corrected chi connectivity index (χ2v) is 4.89. The Bertz CT molecular complexity index is 702. The van der Waals surface area contributed by atoms with Gasteiger partial charge in [0.25, 0.3) is 5.69 Å². The van der Waals surface area contributed by atoms with E-state index in [2.05, 4.69) is 15.3 Å². The van der Waals surface area contributed by atoms with E-state index < -0.39 is 16.9 Å². The summed E-state index contributed by atoms with van der Waals surface area (Å²) in [4.78, 5) is 29.6. The monoisotopic (exact) mass is 290 g/mol. The lowest BCUT2D eigenvalue weighted by Gasteiger charge is -2.19. The molecule has 0 radical (unpaired) electrons. The van der Waals surface area contributed by atoms with Crippen molar-refractivity contribution in [2.45, 2.75) is 19.9 Å². The van der Waals surface area contributed by atoms with Crippen LogP contribution in [0.3, 0.4) is 0 Å². The van der Waals surface area contributed by atoms with Crippen LogP contribution in [0.15, 0.2) is 24.5 Å². The standard InChI is InChI=1S/C13H14N4O4/c1-7(2)11(13(18)19)16-12-9-5-8(17(20)21)3-4-10(9)14-6-15-12/h3-7,11H,1-2H3,(H,18,19)(H,14,15,16). The lowest BCUT2D eigenvalue weighted by atomic mass is 10.0. The Labute approximate surface area is 120 Å². The Morgan fingerprint density at radius 1 is 1.38 bits per heavy atom. The van der Waals surface area contributed by atoms with Crippen LogP contribution in [0.2, 0.25) is 0 Å². The first kappa shape index (κ1) is 14.6. The molecule has 0 saturated heterocycles. The molecule has 2 aromatic rings. The number of carbonyl (C=O) groups is 1. The minimum atomic E-state index is -1.01. The zero-order valence-corrected chi connectivity index (χ0v) is 11.5. The maximum atomic E-state index is 11.2. The molecule has 110 valence electrons. The quantitative estimate of drug-likeness (QED) is 0.639. The molecular weight excluding hydrogens is 276 g/mol. The Kier molecular flexibility index (Phi) is 3.97. The van der Waals surface area contributed by atoms with Gasteiger partial charge >= 0.3 is 5.97 Å². The second-order valence-electron chi connectivity index (χ2n) is 4.89. The number of carboxylic acids is 1. The minimum absolute atomic E-state index is 0.100. The lowest BCUT2D eigenvalue weighted by Crippen LogP contribution is -2.34. The molecule has 0 spiro atoms. The number of nitrogens with one attached hydrogen (secondary N) is 1. The van der Waals surface area contributed by atoms with Crippen molar-refractivity contribution in [3.05, 3.63) is 34.6 Å². The zero-order chi connectivity index (χ0) is 15.6. The highest BCUT2D eigenvalue weighted by Crippen LogP contribution is 2.25. The van der Waals surface area contributed by atoms with E-state index in [-0.39, 0.29) is 17.4 Å². The maximum absolute atomic E-state index is 11.2. The summed E-state index contributed by atoms with van der Waals surface area (Å²) in [5.74, 6) is -0.918. The number of nitro groups is 1. The van der Waals surface area contributed by atoms with Crippen molar-refractivity contribution in [3.8, 4) is 0 Å². The molecule has 1 unspecified atom stereocenters. The van der Waals surface area contributed by atoms with Gasteiger partial charge in [-0.15, -0.1) is 0 Å². The highest BCUT2D eigenvalue weighted by Gasteiger charge is 2.23. The molecule has 21 heavy (non-hydrogen) atoms. The molecule has 1 aromatic carbocycles. The molecule has 0 aliphatic heterocycles. The van der Waals surface area contributed by atoms with E-state index in [0.717, 1.165) is 0 Å². The van der Waals surface area contributed by atoms with Crippen molar-refractivity contribution in [3.63, 3.8) is 0 Å². The van der Waals surface area contributed by atoms with Gasteiger partial charge in [0, 0.05) is 17.5 Å². The van der Waals surface area contributed by atoms with Crippen LogP contribution in [0.1, 0.15) is 13.8 Å². The summed E-state index contributed by atoms with van der Waals surface area (Å²) in [6.45, 7) is 3.52. The highest BCUT2D eigenvalue weighted by molar-refractivity contribution is 5.92. The highest BCUT2D eigenvalue weighted by atomic mass is 16.6. The Morgan fingerprint density at radius 2 is 2.10 bits per heavy atom. The third kappa shape index (κ3) is 3.04. The van der Waals surface area contributed by atoms with Gasteiger partial charge < -0.3 is 10.4 Å². The van der Waals surface area contributed by atoms with Crippen molar-refractivity contribution < 1.29 is 14.8 Å². The van der Waals surface area contributed by atoms with Crippen LogP contribution in [0.25, 0.3) is 10.9 Å². The fourth-order valence-corrected chi connectivity index (χ4v) is 1.93. The average molecular weight is 290 g/mol. The summed E-state index contributed by atoms with van der Waals surface area (Å²) >= 11 is 0. The van der Waals surface area contributed by atoms with E-state index in [1.165, 1.54) is 24.5 Å². The predicted octanol–water partition coefficient (Wildman–Crippen LogP) is 2.06. The first-order valence-electron chi connectivity index (χ1n) is 6.28. The van der Waals surface area contributed by atoms with E-state index in [4.69, 9.17) is 0 Å². The van der Waals surface area contributed by atoms with Gasteiger partial charge in [0.15, 0.2) is 0 Å². The summed E-state index contributed by atoms with van der Waals surface area (Å²) in [7, 11) is 0. The van der Waals surface area contributed by atoms with Crippen LogP contribution in [0, 0.1) is 16.0 Å². The predicted molar refractivity (Wildman–Crippen MR) is 76.1 cm³/mol. The van der Waals surface area contributed by atoms with E-state index in [0.29, 0.717) is 10.9 Å². The summed E-state index contributed by atoms with van der Waals surface area (Å²) in [5.41, 5.74) is 0.405. The molecule has 0 aliphatic carbocycles. The fourth-order valence-electron chi connectivity index (χ4n) is 1.93. The Morgan fingerprint density at radius 3 is 2.67 bits per heavy atom. The Hall–Kier alpha value is -2.77. The molecule has 2 N–H and O–H groups in total. The smallest absolute Gasteiger partial charge is 0.326 e. The van der Waals surface area contributed by atoms with Crippen molar-refractivity contribution in [2.24, 2.45) is 5.92 Å². The zero-order valence-electron chi connectivity index (χ0n) is 11.5. The van der Waals surface area contributed by atoms with Crippen LogP contribution in [0.4, 0.5) is 11.5 Å². The number of hydrogen-bond acceptors (Lipinski definition) is 6. The van der Waals surface area contributed by atoms with E-state index in [1.807, 2.05) is 0 Å². The van der Waals surface area contributed by atoms with Gasteiger partial charge in [0.2, 0.25) is 0 Å². The summed E-state index contributed by atoms with van der Waals surface area (Å²) in [6.07, 6.45) is 1.29. The minimum Gasteiger partial charge on any atom is -0.480 e. The number of nitro benzene ring substituents is 1. The molecular formula is C13H14N4O4. The molecule has 0 saturated carbocycles. The molecule has 1 aromatic heterocycles. The van der Waals surface area contributed by atoms with Gasteiger partial charge in [-0.05, 0) is 12.0 Å². The number of nitrogens with zero attached hydrogens (tertiary/aromatic N) is 3. The first-order valence-corrected chi connectivity index (χ1v) is 6.28. The number of hydrogen-bond donors (Lipinski definition) is 2. The number of rotatable bonds is 5. The summed E-state index contributed by atoms with van der Waals surface area (Å²) < 4.78 is 0. The molecule has 1 atom stereocenters. The van der Waals surface area contributed by atoms with Crippen molar-refractivity contribution in [1.82, 2.24) is 9.97 Å². The third-order valence-corrected chi connectivity index (χ3v) is 3.05. The van der Waals surface area contributed by atoms with Crippen LogP contribution < -0.4 is 5.32 Å². The van der Waals surface area contributed by atoms with E-state index >= 15 is 0 Å². The molecule has 0 amide bonds. The van der Waals surface area contributed by atoms with Crippen LogP contribution in [-0.2, 0) is 4.79 Å². The molecule has 2 rings (SSSR count). The molecule has 0 aliphatic rings. The molecule has 8 heteroatoms. The normalized spacial score (nSPS) is 12.3. The number of fused-ring (bicyclic) bond motifs is 1. The maximum Gasteiger partial charge on any atom is 0.326 e. The third-order valence-electron chi connectivity index (χ3n) is 3.05. The lowest BCUT2D eigenvalue weighted by molar-refractivity contribution is -0.384. The summed E-state index contributed by atoms with van der Waals surface area (Å²) in [5, 5.41) is 23.3. The SMILES string of the molecule is CC(C)C(Nc1ncnc2ccc([N+](=O)[O-])cc12)C(=O)O. The number of anilines is 1. The van der Waals surface area contributed by atoms with Crippen LogP contribution in [0.5, 0.6) is 0 Å². The van der Waals surface area contributed by atoms with Gasteiger partial charge in [-0.3, -0.25) is 10.1 Å². The topological polar surface area (TPSA) is 118 Å².